The van der Waals surface area contributed by atoms with Gasteiger partial charge in [-0.3, -0.25) is 0 Å². The fourth-order valence-electron chi connectivity index (χ4n) is 1.52. The van der Waals surface area contributed by atoms with Gasteiger partial charge in [0, 0.05) is 4.91 Å². The summed E-state index contributed by atoms with van der Waals surface area (Å²) in [5, 5.41) is 0. The van der Waals surface area contributed by atoms with Crippen LogP contribution in [0.15, 0.2) is 22.8 Å². The Balaban J connectivity index is 3.49. The summed E-state index contributed by atoms with van der Waals surface area (Å²) >= 11 is 0. The van der Waals surface area contributed by atoms with Gasteiger partial charge in [0.1, 0.15) is 10.5 Å². The number of carbonyl (C=O) groups excluding carboxylic acids is 1. The molecule has 0 aromatic rings. The average Bonchev–Trinajstić information content (AvgIpc) is 2.35. The molecule has 0 fully saturated rings. The molecule has 0 bridgehead atoms. The van der Waals surface area contributed by atoms with E-state index in [2.05, 4.69) is 4.74 Å². The topological polar surface area (TPSA) is 80.5 Å². The Hall–Kier alpha value is -1.71. The molecule has 0 saturated heterocycles. The van der Waals surface area contributed by atoms with Crippen molar-refractivity contribution in [1.82, 2.24) is 0 Å². The quantitative estimate of drug-likeness (QED) is 0.575. The summed E-state index contributed by atoms with van der Waals surface area (Å²) in [6, 6.07) is -1.96. The molecule has 1 unspecified atom stereocenters. The van der Waals surface area contributed by atoms with E-state index in [0.29, 0.717) is 0 Å². The van der Waals surface area contributed by atoms with E-state index in [1.165, 1.54) is 6.92 Å². The van der Waals surface area contributed by atoms with Crippen molar-refractivity contribution in [3.05, 3.63) is 27.7 Å². The number of rotatable bonds is 3. The molecule has 0 radical (unpaired) electrons. The van der Waals surface area contributed by atoms with E-state index in [9.17, 15) is 31.3 Å². The van der Waals surface area contributed by atoms with Crippen molar-refractivity contribution in [2.45, 2.75) is 19.1 Å². The van der Waals surface area contributed by atoms with Gasteiger partial charge in [-0.15, -0.1) is 0 Å². The van der Waals surface area contributed by atoms with Crippen LogP contribution in [0.3, 0.4) is 0 Å². The van der Waals surface area contributed by atoms with Gasteiger partial charge in [-0.1, -0.05) is 6.92 Å². The summed E-state index contributed by atoms with van der Waals surface area (Å²) < 4.78 is 65.2. The van der Waals surface area contributed by atoms with Crippen molar-refractivity contribution in [1.29, 1.82) is 0 Å². The Labute approximate surface area is 112 Å². The zero-order valence-corrected chi connectivity index (χ0v) is 11.3. The van der Waals surface area contributed by atoms with Gasteiger partial charge in [-0.05, 0) is 6.08 Å². The largest absolute Gasteiger partial charge is 0.464 e. The van der Waals surface area contributed by atoms with E-state index < -0.39 is 44.3 Å². The van der Waals surface area contributed by atoms with Crippen LogP contribution in [0.4, 0.5) is 13.2 Å². The van der Waals surface area contributed by atoms with E-state index in [1.807, 2.05) is 0 Å². The van der Waals surface area contributed by atoms with Gasteiger partial charge in [-0.25, -0.2) is 13.2 Å². The van der Waals surface area contributed by atoms with Crippen LogP contribution in [0.2, 0.25) is 0 Å². The molecule has 0 N–H and O–H groups in total. The number of alkyl halides is 3. The van der Waals surface area contributed by atoms with Crippen molar-refractivity contribution in [2.24, 2.45) is 0 Å². The van der Waals surface area contributed by atoms with Gasteiger partial charge in [0.05, 0.1) is 17.6 Å². The lowest BCUT2D eigenvalue weighted by Crippen LogP contribution is -2.39. The number of allylic oxidation sites excluding steroid dienone is 2. The highest BCUT2D eigenvalue weighted by molar-refractivity contribution is 7.95. The molecule has 112 valence electrons. The van der Waals surface area contributed by atoms with Crippen molar-refractivity contribution >= 4 is 15.8 Å². The fourth-order valence-corrected chi connectivity index (χ4v) is 2.70. The lowest BCUT2D eigenvalue weighted by Gasteiger charge is -2.16. The first-order valence-electron chi connectivity index (χ1n) is 5.31. The maximum Gasteiger partial charge on any atom is 0.422 e. The van der Waals surface area contributed by atoms with Crippen LogP contribution in [0.5, 0.6) is 0 Å². The van der Waals surface area contributed by atoms with Gasteiger partial charge in [0.2, 0.25) is 6.20 Å². The molecule has 1 aliphatic heterocycles. The fraction of sp³-hybridized carbons (Fsp3) is 0.500. The Kier molecular flexibility index (Phi) is 4.37. The van der Waals surface area contributed by atoms with Gasteiger partial charge in [0.25, 0.3) is 0 Å². The Morgan fingerprint density at radius 3 is 2.40 bits per heavy atom. The standard InChI is InChI=1S/C10H11F3NO5S/c1-3-20(17,18)7-4-6(10(11,12)13)5-14(16)8(7)9(15)19-2/h4-5,8H,3H2,1-2H3/q+1. The second-order valence-corrected chi connectivity index (χ2v) is 6.10. The molecule has 0 aromatic carbocycles. The molecular formula is C10H11F3NO5S+. The summed E-state index contributed by atoms with van der Waals surface area (Å²) in [5.74, 6) is -1.80. The van der Waals surface area contributed by atoms with Gasteiger partial charge in [0.15, 0.2) is 9.84 Å². The third kappa shape index (κ3) is 3.06. The van der Waals surface area contributed by atoms with Crippen molar-refractivity contribution in [3.8, 4) is 0 Å². The first-order valence-corrected chi connectivity index (χ1v) is 6.96. The minimum absolute atomic E-state index is 0.121. The Morgan fingerprint density at radius 1 is 1.45 bits per heavy atom. The molecule has 0 spiro atoms. The van der Waals surface area contributed by atoms with Crippen LogP contribution in [0.1, 0.15) is 6.92 Å². The molecule has 6 nitrogen and oxygen atoms in total. The second-order valence-electron chi connectivity index (χ2n) is 3.82. The highest BCUT2D eigenvalue weighted by Crippen LogP contribution is 2.33. The van der Waals surface area contributed by atoms with Crippen molar-refractivity contribution < 1.29 is 35.9 Å². The van der Waals surface area contributed by atoms with Crippen LogP contribution in [-0.4, -0.2) is 44.2 Å². The number of methoxy groups -OCH3 is 1. The lowest BCUT2D eigenvalue weighted by atomic mass is 10.1. The van der Waals surface area contributed by atoms with Crippen LogP contribution in [0, 0.1) is 4.91 Å². The first kappa shape index (κ1) is 16.3. The zero-order valence-electron chi connectivity index (χ0n) is 10.5. The molecule has 0 aromatic heterocycles. The number of halogens is 3. The minimum Gasteiger partial charge on any atom is -0.464 e. The number of sulfone groups is 1. The first-order chi connectivity index (χ1) is 9.04. The molecule has 10 heteroatoms. The summed E-state index contributed by atoms with van der Waals surface area (Å²) in [7, 11) is -3.28. The molecule has 1 rings (SSSR count). The van der Waals surface area contributed by atoms with Crippen molar-refractivity contribution in [3.63, 3.8) is 0 Å². The molecule has 0 amide bonds. The zero-order chi connectivity index (χ0) is 15.7. The average molecular weight is 314 g/mol. The smallest absolute Gasteiger partial charge is 0.422 e. The Morgan fingerprint density at radius 2 is 2.00 bits per heavy atom. The Bertz CT molecular complexity index is 603. The number of ether oxygens (including phenoxy) is 1. The van der Waals surface area contributed by atoms with E-state index in [0.717, 1.165) is 7.11 Å². The summed E-state index contributed by atoms with van der Waals surface area (Å²) in [4.78, 5) is 22.1. The summed E-state index contributed by atoms with van der Waals surface area (Å²) in [6.45, 7) is 1.19. The molecule has 20 heavy (non-hydrogen) atoms. The maximum atomic E-state index is 12.6. The lowest BCUT2D eigenvalue weighted by molar-refractivity contribution is -0.501. The predicted molar refractivity (Wildman–Crippen MR) is 61.1 cm³/mol. The van der Waals surface area contributed by atoms with Crippen molar-refractivity contribution in [2.75, 3.05) is 12.9 Å². The number of hydrogen-bond acceptors (Lipinski definition) is 5. The number of nitroso groups, excluding NO2 is 1. The molecule has 1 heterocycles. The highest BCUT2D eigenvalue weighted by atomic mass is 32.2. The van der Waals surface area contributed by atoms with Crippen LogP contribution in [-0.2, 0) is 19.4 Å². The molecule has 1 aliphatic rings. The monoisotopic (exact) mass is 314 g/mol. The molecule has 1 atom stereocenters. The van der Waals surface area contributed by atoms with E-state index in [1.54, 1.807) is 0 Å². The molecular weight excluding hydrogens is 303 g/mol. The third-order valence-electron chi connectivity index (χ3n) is 2.58. The maximum absolute atomic E-state index is 12.6. The van der Waals surface area contributed by atoms with E-state index in [4.69, 9.17) is 0 Å². The van der Waals surface area contributed by atoms with E-state index >= 15 is 0 Å². The minimum atomic E-state index is -4.90. The summed E-state index contributed by atoms with van der Waals surface area (Å²) in [6.07, 6.45) is -4.50. The number of hydrogen-bond donors (Lipinski definition) is 0. The number of nitrogens with zero attached hydrogens (tertiary/aromatic N) is 1. The van der Waals surface area contributed by atoms with Crippen LogP contribution in [0.25, 0.3) is 0 Å². The number of esters is 1. The van der Waals surface area contributed by atoms with Crippen LogP contribution >= 0.6 is 0 Å². The SMILES string of the molecule is CCS(=O)(=O)C1=CC(C(F)(F)F)=C[N+](=O)C1C(=O)OC. The number of carbonyl (C=O) groups is 1. The van der Waals surface area contributed by atoms with E-state index in [-0.39, 0.29) is 17.0 Å². The van der Waals surface area contributed by atoms with Gasteiger partial charge < -0.3 is 4.74 Å². The summed E-state index contributed by atoms with van der Waals surface area (Å²) in [5.41, 5.74) is -1.44. The third-order valence-corrected chi connectivity index (χ3v) is 4.40. The van der Waals surface area contributed by atoms with Crippen LogP contribution < -0.4 is 0 Å². The van der Waals surface area contributed by atoms with Gasteiger partial charge in [-0.2, -0.15) is 13.2 Å². The predicted octanol–water partition coefficient (Wildman–Crippen LogP) is 1.09. The molecule has 0 saturated carbocycles. The van der Waals surface area contributed by atoms with Gasteiger partial charge >= 0.3 is 18.2 Å². The molecule has 0 aliphatic carbocycles. The highest BCUT2D eigenvalue weighted by Gasteiger charge is 2.50. The normalized spacial score (nSPS) is 20.2. The second kappa shape index (κ2) is 5.35.